The minimum atomic E-state index is -3.55. The van der Waals surface area contributed by atoms with E-state index in [1.54, 1.807) is 24.3 Å². The Kier molecular flexibility index (Phi) is 11.1. The van der Waals surface area contributed by atoms with E-state index in [1.807, 2.05) is 51.1 Å². The van der Waals surface area contributed by atoms with E-state index >= 15 is 0 Å². The first-order chi connectivity index (χ1) is 16.1. The highest BCUT2D eigenvalue weighted by Gasteiger charge is 2.14. The van der Waals surface area contributed by atoms with E-state index in [0.29, 0.717) is 18.0 Å². The van der Waals surface area contributed by atoms with E-state index in [-0.39, 0.29) is 44.3 Å². The van der Waals surface area contributed by atoms with Crippen molar-refractivity contribution in [2.24, 2.45) is 0 Å². The standard InChI is InChI=1S/C24H34N2O7S/c1-24(2,3)25-23(27)32-16-15-30-13-14-31-17-18-34(28,29)26-21-9-11-22(12-10-21)33-19-20-7-5-4-6-8-20/h4-12,26H,13-19H2,1-3H3,(H,25,27). The molecule has 0 atom stereocenters. The molecule has 9 nitrogen and oxygen atoms in total. The first kappa shape index (κ1) is 27.4. The fourth-order valence-electron chi connectivity index (χ4n) is 2.62. The molecule has 0 spiro atoms. The molecule has 0 aliphatic rings. The highest BCUT2D eigenvalue weighted by Crippen LogP contribution is 2.18. The van der Waals surface area contributed by atoms with Gasteiger partial charge in [-0.15, -0.1) is 0 Å². The lowest BCUT2D eigenvalue weighted by Crippen LogP contribution is -2.41. The molecule has 1 amide bonds. The summed E-state index contributed by atoms with van der Waals surface area (Å²) in [4.78, 5) is 11.5. The highest BCUT2D eigenvalue weighted by atomic mass is 32.2. The van der Waals surface area contributed by atoms with Gasteiger partial charge in [0.1, 0.15) is 19.0 Å². The minimum Gasteiger partial charge on any atom is -0.489 e. The van der Waals surface area contributed by atoms with Gasteiger partial charge in [0, 0.05) is 11.2 Å². The number of carbonyl (C=O) groups is 1. The smallest absolute Gasteiger partial charge is 0.407 e. The van der Waals surface area contributed by atoms with Crippen LogP contribution in [0.4, 0.5) is 10.5 Å². The predicted octanol–water partition coefficient (Wildman–Crippen LogP) is 3.57. The average molecular weight is 495 g/mol. The van der Waals surface area contributed by atoms with Crippen LogP contribution in [0.25, 0.3) is 0 Å². The molecule has 0 aliphatic heterocycles. The third-order valence-corrected chi connectivity index (χ3v) is 5.43. The van der Waals surface area contributed by atoms with Crippen LogP contribution in [0.2, 0.25) is 0 Å². The molecular weight excluding hydrogens is 460 g/mol. The third-order valence-electron chi connectivity index (χ3n) is 4.18. The number of nitrogens with one attached hydrogen (secondary N) is 2. The molecule has 0 aliphatic carbocycles. The minimum absolute atomic E-state index is 0.0292. The van der Waals surface area contributed by atoms with Crippen LogP contribution in [0.15, 0.2) is 54.6 Å². The van der Waals surface area contributed by atoms with Crippen molar-refractivity contribution in [3.63, 3.8) is 0 Å². The van der Waals surface area contributed by atoms with Gasteiger partial charge < -0.3 is 24.3 Å². The van der Waals surface area contributed by atoms with Crippen molar-refractivity contribution in [2.45, 2.75) is 32.9 Å². The van der Waals surface area contributed by atoms with Crippen LogP contribution in [0, 0.1) is 0 Å². The van der Waals surface area contributed by atoms with E-state index in [4.69, 9.17) is 18.9 Å². The molecule has 0 heterocycles. The van der Waals surface area contributed by atoms with Crippen molar-refractivity contribution in [2.75, 3.05) is 43.5 Å². The second kappa shape index (κ2) is 13.8. The number of carbonyl (C=O) groups excluding carboxylic acids is 1. The summed E-state index contributed by atoms with van der Waals surface area (Å²) in [5.74, 6) is 0.463. The zero-order chi connectivity index (χ0) is 24.9. The molecule has 2 rings (SSSR count). The number of rotatable bonds is 14. The van der Waals surface area contributed by atoms with Gasteiger partial charge in [0.05, 0.1) is 32.2 Å². The average Bonchev–Trinajstić information content (AvgIpc) is 2.77. The molecule has 0 bridgehead atoms. The quantitative estimate of drug-likeness (QED) is 0.386. The second-order valence-electron chi connectivity index (χ2n) is 8.46. The molecule has 34 heavy (non-hydrogen) atoms. The summed E-state index contributed by atoms with van der Waals surface area (Å²) in [5, 5.41) is 2.67. The zero-order valence-corrected chi connectivity index (χ0v) is 20.7. The Morgan fingerprint density at radius 1 is 0.853 bits per heavy atom. The maximum absolute atomic E-state index is 12.2. The molecule has 0 saturated heterocycles. The molecule has 2 aromatic carbocycles. The van der Waals surface area contributed by atoms with E-state index in [2.05, 4.69) is 10.0 Å². The first-order valence-electron chi connectivity index (χ1n) is 11.0. The van der Waals surface area contributed by atoms with Crippen LogP contribution in [0.3, 0.4) is 0 Å². The second-order valence-corrected chi connectivity index (χ2v) is 10.3. The SMILES string of the molecule is CC(C)(C)NC(=O)OCCOCCOCCS(=O)(=O)Nc1ccc(OCc2ccccc2)cc1. The summed E-state index contributed by atoms with van der Waals surface area (Å²) < 4.78 is 48.2. The summed E-state index contributed by atoms with van der Waals surface area (Å²) in [6, 6.07) is 16.5. The lowest BCUT2D eigenvalue weighted by molar-refractivity contribution is 0.0309. The van der Waals surface area contributed by atoms with Gasteiger partial charge in [-0.25, -0.2) is 13.2 Å². The fourth-order valence-corrected chi connectivity index (χ4v) is 3.55. The largest absolute Gasteiger partial charge is 0.489 e. The lowest BCUT2D eigenvalue weighted by atomic mass is 10.1. The number of hydrogen-bond donors (Lipinski definition) is 2. The number of benzene rings is 2. The Morgan fingerprint density at radius 2 is 1.47 bits per heavy atom. The molecule has 0 radical (unpaired) electrons. The highest BCUT2D eigenvalue weighted by molar-refractivity contribution is 7.92. The molecule has 0 fully saturated rings. The lowest BCUT2D eigenvalue weighted by Gasteiger charge is -2.19. The molecule has 2 aromatic rings. The molecule has 2 N–H and O–H groups in total. The van der Waals surface area contributed by atoms with Gasteiger partial charge in [0.15, 0.2) is 0 Å². The predicted molar refractivity (Wildman–Crippen MR) is 131 cm³/mol. The summed E-state index contributed by atoms with van der Waals surface area (Å²) >= 11 is 0. The summed E-state index contributed by atoms with van der Waals surface area (Å²) in [6.45, 7) is 6.89. The number of anilines is 1. The van der Waals surface area contributed by atoms with Gasteiger partial charge in [-0.3, -0.25) is 4.72 Å². The zero-order valence-electron chi connectivity index (χ0n) is 19.9. The van der Waals surface area contributed by atoms with Gasteiger partial charge in [-0.05, 0) is 50.6 Å². The van der Waals surface area contributed by atoms with Crippen LogP contribution in [-0.2, 0) is 30.8 Å². The maximum atomic E-state index is 12.2. The maximum Gasteiger partial charge on any atom is 0.407 e. The number of ether oxygens (including phenoxy) is 4. The van der Waals surface area contributed by atoms with Crippen LogP contribution in [0.5, 0.6) is 5.75 Å². The molecule has 188 valence electrons. The Bertz CT molecular complexity index is 959. The van der Waals surface area contributed by atoms with Crippen LogP contribution in [0.1, 0.15) is 26.3 Å². The van der Waals surface area contributed by atoms with Crippen molar-refractivity contribution in [3.05, 3.63) is 60.2 Å². The van der Waals surface area contributed by atoms with Crippen molar-refractivity contribution in [3.8, 4) is 5.75 Å². The Labute approximate surface area is 201 Å². The molecule has 0 unspecified atom stereocenters. The summed E-state index contributed by atoms with van der Waals surface area (Å²) in [6.07, 6.45) is -0.501. The van der Waals surface area contributed by atoms with Gasteiger partial charge in [-0.2, -0.15) is 0 Å². The normalized spacial score (nSPS) is 11.6. The fraction of sp³-hybridized carbons (Fsp3) is 0.458. The van der Waals surface area contributed by atoms with Gasteiger partial charge in [0.2, 0.25) is 10.0 Å². The Hall–Kier alpha value is -2.82. The van der Waals surface area contributed by atoms with Gasteiger partial charge in [-0.1, -0.05) is 30.3 Å². The summed E-state index contributed by atoms with van der Waals surface area (Å²) in [5.41, 5.74) is 1.14. The molecule has 10 heteroatoms. The third kappa shape index (κ3) is 12.4. The number of alkyl carbamates (subject to hydrolysis) is 1. The van der Waals surface area contributed by atoms with E-state index in [9.17, 15) is 13.2 Å². The molecule has 0 aromatic heterocycles. The van der Waals surface area contributed by atoms with Crippen LogP contribution < -0.4 is 14.8 Å². The first-order valence-corrected chi connectivity index (χ1v) is 12.7. The number of amides is 1. The van der Waals surface area contributed by atoms with Crippen molar-refractivity contribution in [1.82, 2.24) is 5.32 Å². The van der Waals surface area contributed by atoms with Crippen molar-refractivity contribution >= 4 is 21.8 Å². The van der Waals surface area contributed by atoms with E-state index < -0.39 is 16.1 Å². The summed E-state index contributed by atoms with van der Waals surface area (Å²) in [7, 11) is -3.55. The van der Waals surface area contributed by atoms with Gasteiger partial charge >= 0.3 is 6.09 Å². The Morgan fingerprint density at radius 3 is 2.12 bits per heavy atom. The number of hydrogen-bond acceptors (Lipinski definition) is 7. The van der Waals surface area contributed by atoms with Crippen LogP contribution >= 0.6 is 0 Å². The van der Waals surface area contributed by atoms with Crippen LogP contribution in [-0.4, -0.2) is 58.8 Å². The van der Waals surface area contributed by atoms with Gasteiger partial charge in [0.25, 0.3) is 0 Å². The van der Waals surface area contributed by atoms with E-state index in [0.717, 1.165) is 5.56 Å². The number of sulfonamides is 1. The monoisotopic (exact) mass is 494 g/mol. The van der Waals surface area contributed by atoms with E-state index in [1.165, 1.54) is 0 Å². The molecule has 0 saturated carbocycles. The van der Waals surface area contributed by atoms with Crippen molar-refractivity contribution < 1.29 is 32.2 Å². The Balaban J connectivity index is 1.55. The van der Waals surface area contributed by atoms with Crippen molar-refractivity contribution in [1.29, 1.82) is 0 Å². The topological polar surface area (TPSA) is 112 Å². The molecular formula is C24H34N2O7S.